The molecule has 0 N–H and O–H groups in total. The van der Waals surface area contributed by atoms with Gasteiger partial charge in [-0.3, -0.25) is 14.7 Å². The van der Waals surface area contributed by atoms with Crippen molar-refractivity contribution in [3.05, 3.63) is 53.9 Å². The maximum absolute atomic E-state index is 12.7. The molecule has 0 spiro atoms. The van der Waals surface area contributed by atoms with Gasteiger partial charge in [-0.2, -0.15) is 0 Å². The van der Waals surface area contributed by atoms with E-state index in [1.54, 1.807) is 6.20 Å². The predicted octanol–water partition coefficient (Wildman–Crippen LogP) is 2.77. The molecular weight excluding hydrogens is 354 g/mol. The largest absolute Gasteiger partial charge is 0.490 e. The maximum atomic E-state index is 12.7. The fraction of sp³-hybridized carbons (Fsp3) is 0.455. The van der Waals surface area contributed by atoms with E-state index < -0.39 is 0 Å². The minimum absolute atomic E-state index is 0.160. The molecule has 1 saturated heterocycles. The Hall–Kier alpha value is -2.60. The molecule has 0 atom stereocenters. The summed E-state index contributed by atoms with van der Waals surface area (Å²) in [6.45, 7) is 9.20. The second-order valence-corrected chi connectivity index (χ2v) is 6.84. The second-order valence-electron chi connectivity index (χ2n) is 6.84. The molecule has 1 fully saturated rings. The zero-order valence-electron chi connectivity index (χ0n) is 16.8. The number of benzene rings is 1. The molecule has 0 saturated carbocycles. The normalized spacial score (nSPS) is 14.7. The first-order valence-corrected chi connectivity index (χ1v) is 9.97. The Labute approximate surface area is 167 Å². The van der Waals surface area contributed by atoms with Gasteiger partial charge in [0.15, 0.2) is 11.5 Å². The van der Waals surface area contributed by atoms with Crippen LogP contribution in [0.5, 0.6) is 11.5 Å². The molecule has 0 radical (unpaired) electrons. The summed E-state index contributed by atoms with van der Waals surface area (Å²) >= 11 is 0. The van der Waals surface area contributed by atoms with Crippen LogP contribution in [-0.4, -0.2) is 60.1 Å². The quantitative estimate of drug-likeness (QED) is 0.702. The highest BCUT2D eigenvalue weighted by Crippen LogP contribution is 2.29. The van der Waals surface area contributed by atoms with E-state index in [1.165, 1.54) is 5.56 Å². The van der Waals surface area contributed by atoms with Gasteiger partial charge in [-0.25, -0.2) is 0 Å². The Morgan fingerprint density at radius 3 is 2.43 bits per heavy atom. The Morgan fingerprint density at radius 2 is 1.75 bits per heavy atom. The highest BCUT2D eigenvalue weighted by Gasteiger charge is 2.21. The third kappa shape index (κ3) is 5.45. The van der Waals surface area contributed by atoms with Crippen molar-refractivity contribution in [3.63, 3.8) is 0 Å². The summed E-state index contributed by atoms with van der Waals surface area (Å²) in [6.07, 6.45) is 4.08. The summed E-state index contributed by atoms with van der Waals surface area (Å²) < 4.78 is 11.3. The van der Waals surface area contributed by atoms with Crippen molar-refractivity contribution >= 4 is 5.91 Å². The highest BCUT2D eigenvalue weighted by atomic mass is 16.5. The Kier molecular flexibility index (Phi) is 7.25. The van der Waals surface area contributed by atoms with E-state index in [4.69, 9.17) is 9.47 Å². The number of rotatable bonds is 8. The number of carbonyl (C=O) groups excluding carboxylic acids is 1. The zero-order chi connectivity index (χ0) is 19.8. The fourth-order valence-corrected chi connectivity index (χ4v) is 3.40. The lowest BCUT2D eigenvalue weighted by Gasteiger charge is -2.34. The Bertz CT molecular complexity index is 759. The van der Waals surface area contributed by atoms with Crippen molar-refractivity contribution in [2.75, 3.05) is 39.4 Å². The van der Waals surface area contributed by atoms with E-state index in [1.807, 2.05) is 49.2 Å². The number of hydrogen-bond donors (Lipinski definition) is 0. The van der Waals surface area contributed by atoms with Crippen LogP contribution >= 0.6 is 0 Å². The molecule has 0 unspecified atom stereocenters. The van der Waals surface area contributed by atoms with Gasteiger partial charge in [-0.1, -0.05) is 12.1 Å². The lowest BCUT2D eigenvalue weighted by molar-refractivity contribution is -0.132. The molecule has 1 aliphatic rings. The van der Waals surface area contributed by atoms with Crippen LogP contribution in [0.25, 0.3) is 0 Å². The molecule has 150 valence electrons. The minimum atomic E-state index is 0.160. The van der Waals surface area contributed by atoms with E-state index in [0.717, 1.165) is 44.0 Å². The number of aromatic nitrogens is 1. The van der Waals surface area contributed by atoms with Crippen LogP contribution in [0.15, 0.2) is 42.7 Å². The first-order chi connectivity index (χ1) is 13.7. The molecule has 1 aliphatic heterocycles. The van der Waals surface area contributed by atoms with Crippen molar-refractivity contribution in [1.82, 2.24) is 14.8 Å². The number of pyridine rings is 1. The molecule has 6 nitrogen and oxygen atoms in total. The Balaban J connectivity index is 1.53. The first-order valence-electron chi connectivity index (χ1n) is 9.97. The van der Waals surface area contributed by atoms with Crippen LogP contribution in [0.1, 0.15) is 25.0 Å². The lowest BCUT2D eigenvalue weighted by atomic mass is 10.1. The molecule has 1 aromatic carbocycles. The topological polar surface area (TPSA) is 54.9 Å². The summed E-state index contributed by atoms with van der Waals surface area (Å²) in [5.41, 5.74) is 2.16. The van der Waals surface area contributed by atoms with Gasteiger partial charge in [0, 0.05) is 45.1 Å². The smallest absolute Gasteiger partial charge is 0.227 e. The van der Waals surface area contributed by atoms with E-state index in [0.29, 0.717) is 25.4 Å². The zero-order valence-corrected chi connectivity index (χ0v) is 16.8. The average molecular weight is 383 g/mol. The van der Waals surface area contributed by atoms with E-state index in [2.05, 4.69) is 16.0 Å². The minimum Gasteiger partial charge on any atom is -0.490 e. The van der Waals surface area contributed by atoms with Crippen LogP contribution in [0.4, 0.5) is 0 Å². The van der Waals surface area contributed by atoms with Crippen LogP contribution in [0.2, 0.25) is 0 Å². The number of amides is 1. The van der Waals surface area contributed by atoms with E-state index in [-0.39, 0.29) is 5.91 Å². The van der Waals surface area contributed by atoms with Gasteiger partial charge < -0.3 is 14.4 Å². The summed E-state index contributed by atoms with van der Waals surface area (Å²) in [7, 11) is 0. The van der Waals surface area contributed by atoms with Gasteiger partial charge in [0.2, 0.25) is 5.91 Å². The highest BCUT2D eigenvalue weighted by molar-refractivity contribution is 5.79. The predicted molar refractivity (Wildman–Crippen MR) is 109 cm³/mol. The first kappa shape index (κ1) is 20.1. The van der Waals surface area contributed by atoms with Gasteiger partial charge in [0.1, 0.15) is 0 Å². The van der Waals surface area contributed by atoms with Crippen LogP contribution in [0.3, 0.4) is 0 Å². The number of piperazine rings is 1. The third-order valence-corrected chi connectivity index (χ3v) is 4.82. The van der Waals surface area contributed by atoms with Crippen molar-refractivity contribution in [2.24, 2.45) is 0 Å². The molecule has 1 aromatic heterocycles. The Morgan fingerprint density at radius 1 is 1.00 bits per heavy atom. The van der Waals surface area contributed by atoms with Gasteiger partial charge in [0.25, 0.3) is 0 Å². The van der Waals surface area contributed by atoms with Crippen LogP contribution in [-0.2, 0) is 17.8 Å². The summed E-state index contributed by atoms with van der Waals surface area (Å²) in [5, 5.41) is 0. The monoisotopic (exact) mass is 383 g/mol. The number of nitrogens with zero attached hydrogens (tertiary/aromatic N) is 3. The molecule has 1 amide bonds. The molecule has 2 aromatic rings. The van der Waals surface area contributed by atoms with Crippen molar-refractivity contribution in [1.29, 1.82) is 0 Å². The summed E-state index contributed by atoms with van der Waals surface area (Å²) in [4.78, 5) is 21.2. The molecule has 0 aliphatic carbocycles. The van der Waals surface area contributed by atoms with Crippen LogP contribution < -0.4 is 9.47 Å². The summed E-state index contributed by atoms with van der Waals surface area (Å²) in [5.74, 6) is 1.59. The van der Waals surface area contributed by atoms with Gasteiger partial charge >= 0.3 is 0 Å². The van der Waals surface area contributed by atoms with Crippen molar-refractivity contribution < 1.29 is 14.3 Å². The standard InChI is InChI=1S/C22H29N3O3/c1-3-27-20-8-7-18(14-21(20)28-4-2)15-22(26)25-12-10-24(11-13-25)17-19-6-5-9-23-16-19/h5-9,14,16H,3-4,10-13,15,17H2,1-2H3. The van der Waals surface area contributed by atoms with Crippen molar-refractivity contribution in [2.45, 2.75) is 26.8 Å². The number of ether oxygens (including phenoxy) is 2. The SMILES string of the molecule is CCOc1ccc(CC(=O)N2CCN(Cc3cccnc3)CC2)cc1OCC. The lowest BCUT2D eigenvalue weighted by Crippen LogP contribution is -2.48. The number of hydrogen-bond acceptors (Lipinski definition) is 5. The summed E-state index contributed by atoms with van der Waals surface area (Å²) in [6, 6.07) is 9.81. The van der Waals surface area contributed by atoms with Gasteiger partial charge in [-0.15, -0.1) is 0 Å². The molecule has 2 heterocycles. The maximum Gasteiger partial charge on any atom is 0.227 e. The average Bonchev–Trinajstić information content (AvgIpc) is 2.71. The molecule has 6 heteroatoms. The van der Waals surface area contributed by atoms with Gasteiger partial charge in [-0.05, 0) is 43.2 Å². The van der Waals surface area contributed by atoms with E-state index >= 15 is 0 Å². The van der Waals surface area contributed by atoms with Crippen molar-refractivity contribution in [3.8, 4) is 11.5 Å². The number of carbonyl (C=O) groups is 1. The second kappa shape index (κ2) is 10.1. The van der Waals surface area contributed by atoms with E-state index in [9.17, 15) is 4.79 Å². The molecule has 28 heavy (non-hydrogen) atoms. The fourth-order valence-electron chi connectivity index (χ4n) is 3.40. The molecular formula is C22H29N3O3. The third-order valence-electron chi connectivity index (χ3n) is 4.82. The molecule has 0 bridgehead atoms. The van der Waals surface area contributed by atoms with Gasteiger partial charge in [0.05, 0.1) is 19.6 Å². The molecule has 3 rings (SSSR count). The van der Waals surface area contributed by atoms with Crippen LogP contribution in [0, 0.1) is 0 Å².